The fraction of sp³-hybridized carbons (Fsp3) is 0.436. The Morgan fingerprint density at radius 3 is 2.49 bits per heavy atom. The highest BCUT2D eigenvalue weighted by Gasteiger charge is 2.35. The summed E-state index contributed by atoms with van der Waals surface area (Å²) in [5, 5.41) is 4.48. The van der Waals surface area contributed by atoms with Crippen LogP contribution in [0.25, 0.3) is 17.1 Å². The molecule has 2 aromatic carbocycles. The zero-order valence-electron chi connectivity index (χ0n) is 28.0. The van der Waals surface area contributed by atoms with Gasteiger partial charge in [-0.25, -0.2) is 14.5 Å². The van der Waals surface area contributed by atoms with Gasteiger partial charge in [-0.05, 0) is 86.3 Å². The van der Waals surface area contributed by atoms with Crippen molar-refractivity contribution in [3.8, 4) is 17.1 Å². The van der Waals surface area contributed by atoms with Crippen molar-refractivity contribution < 1.29 is 14.3 Å². The van der Waals surface area contributed by atoms with Gasteiger partial charge in [0.25, 0.3) is 0 Å². The Kier molecular flexibility index (Phi) is 8.60. The van der Waals surface area contributed by atoms with Gasteiger partial charge in [-0.1, -0.05) is 56.3 Å². The van der Waals surface area contributed by atoms with Crippen molar-refractivity contribution in [3.05, 3.63) is 94.3 Å². The van der Waals surface area contributed by atoms with Crippen LogP contribution in [-0.4, -0.2) is 57.8 Å². The summed E-state index contributed by atoms with van der Waals surface area (Å²) in [7, 11) is 0. The van der Waals surface area contributed by atoms with E-state index in [2.05, 4.69) is 71.2 Å². The number of esters is 1. The van der Waals surface area contributed by atoms with Gasteiger partial charge < -0.3 is 14.5 Å². The number of piperidine rings is 1. The van der Waals surface area contributed by atoms with Gasteiger partial charge in [-0.3, -0.25) is 4.79 Å². The number of hydrogen-bond donors (Lipinski definition) is 0. The van der Waals surface area contributed by atoms with E-state index in [4.69, 9.17) is 9.72 Å². The number of anilines is 1. The Balaban J connectivity index is 1.13. The lowest BCUT2D eigenvalue weighted by atomic mass is 9.85. The standard InChI is InChI=1S/C39H45N5O3/c1-5-28-21-27(13-16-32(28)29-17-19-42(20-18-29)38(45)30-14-15-30)24-43-23-25(3)31-9-7-10-33(37(31)43)35-11-8-12-36(41-35)44-26(4)34(22-40-44)39(46)47-6-2/h7-13,16,21-22,25,29-30H,5-6,14-15,17-20,23-24H2,1-4H3. The van der Waals surface area contributed by atoms with Crippen molar-refractivity contribution in [1.82, 2.24) is 19.7 Å². The normalized spacial score (nSPS) is 18.0. The largest absolute Gasteiger partial charge is 0.462 e. The predicted octanol–water partition coefficient (Wildman–Crippen LogP) is 7.22. The van der Waals surface area contributed by atoms with Crippen LogP contribution < -0.4 is 4.90 Å². The van der Waals surface area contributed by atoms with Crippen molar-refractivity contribution in [2.75, 3.05) is 31.1 Å². The molecule has 1 aliphatic carbocycles. The van der Waals surface area contributed by atoms with Gasteiger partial charge in [0.1, 0.15) is 5.56 Å². The Morgan fingerprint density at radius 1 is 0.957 bits per heavy atom. The molecule has 3 aliphatic rings. The molecule has 8 nitrogen and oxygen atoms in total. The van der Waals surface area contributed by atoms with Crippen LogP contribution in [0.1, 0.15) is 96.6 Å². The maximum absolute atomic E-state index is 12.6. The molecule has 4 aromatic rings. The number of pyridine rings is 1. The summed E-state index contributed by atoms with van der Waals surface area (Å²) in [6.07, 6.45) is 6.83. The lowest BCUT2D eigenvalue weighted by Gasteiger charge is -2.33. The van der Waals surface area contributed by atoms with E-state index in [0.717, 1.165) is 69.5 Å². The summed E-state index contributed by atoms with van der Waals surface area (Å²) in [6, 6.07) is 19.6. The Hall–Kier alpha value is -4.46. The average Bonchev–Trinajstić information content (AvgIpc) is 3.81. The highest BCUT2D eigenvalue weighted by atomic mass is 16.5. The molecule has 0 bridgehead atoms. The molecule has 1 atom stereocenters. The third-order valence-corrected chi connectivity index (χ3v) is 10.3. The fourth-order valence-electron chi connectivity index (χ4n) is 7.61. The first-order chi connectivity index (χ1) is 22.9. The minimum Gasteiger partial charge on any atom is -0.462 e. The monoisotopic (exact) mass is 631 g/mol. The third-order valence-electron chi connectivity index (χ3n) is 10.3. The SMILES string of the molecule is CCOC(=O)c1cnn(-c2cccc(-c3cccc4c3N(Cc3ccc(C5CCN(C(=O)C6CC6)CC5)c(CC)c3)CC4C)n2)c1C. The number of hydrogen-bond acceptors (Lipinski definition) is 6. The molecule has 7 rings (SSSR count). The molecule has 2 aromatic heterocycles. The fourth-order valence-corrected chi connectivity index (χ4v) is 7.61. The number of amides is 1. The predicted molar refractivity (Wildman–Crippen MR) is 184 cm³/mol. The first kappa shape index (κ1) is 31.2. The molecule has 4 heterocycles. The Labute approximate surface area is 277 Å². The molecule has 1 saturated carbocycles. The molecule has 2 aliphatic heterocycles. The number of carbonyl (C=O) groups is 2. The second-order valence-electron chi connectivity index (χ2n) is 13.4. The van der Waals surface area contributed by atoms with Crippen molar-refractivity contribution in [1.29, 1.82) is 0 Å². The van der Waals surface area contributed by atoms with Gasteiger partial charge in [0.2, 0.25) is 5.91 Å². The van der Waals surface area contributed by atoms with Crippen LogP contribution in [0, 0.1) is 12.8 Å². The molecule has 0 spiro atoms. The van der Waals surface area contributed by atoms with Crippen LogP contribution >= 0.6 is 0 Å². The number of likely N-dealkylation sites (tertiary alicyclic amines) is 1. The minimum absolute atomic E-state index is 0.308. The number of ether oxygens (including phenoxy) is 1. The Morgan fingerprint density at radius 2 is 1.74 bits per heavy atom. The summed E-state index contributed by atoms with van der Waals surface area (Å²) in [5.74, 6) is 1.91. The first-order valence-corrected chi connectivity index (χ1v) is 17.3. The number of fused-ring (bicyclic) bond motifs is 1. The van der Waals surface area contributed by atoms with E-state index >= 15 is 0 Å². The maximum Gasteiger partial charge on any atom is 0.341 e. The molecule has 0 N–H and O–H groups in total. The van der Waals surface area contributed by atoms with Gasteiger partial charge in [0, 0.05) is 43.6 Å². The van der Waals surface area contributed by atoms with E-state index < -0.39 is 0 Å². The van der Waals surface area contributed by atoms with Gasteiger partial charge >= 0.3 is 5.97 Å². The number of aryl methyl sites for hydroxylation is 1. The van der Waals surface area contributed by atoms with Crippen molar-refractivity contribution in [3.63, 3.8) is 0 Å². The van der Waals surface area contributed by atoms with Crippen LogP contribution in [0.2, 0.25) is 0 Å². The molecule has 2 fully saturated rings. The molecule has 1 amide bonds. The molecule has 8 heteroatoms. The number of rotatable bonds is 9. The summed E-state index contributed by atoms with van der Waals surface area (Å²) in [6.45, 7) is 12.1. The molecule has 1 saturated heterocycles. The average molecular weight is 632 g/mol. The highest BCUT2D eigenvalue weighted by molar-refractivity contribution is 5.90. The smallest absolute Gasteiger partial charge is 0.341 e. The molecular weight excluding hydrogens is 586 g/mol. The van der Waals surface area contributed by atoms with Crippen LogP contribution in [0.4, 0.5) is 5.69 Å². The van der Waals surface area contributed by atoms with Gasteiger partial charge in [0.05, 0.1) is 29.9 Å². The third kappa shape index (κ3) is 6.06. The van der Waals surface area contributed by atoms with Crippen LogP contribution in [0.3, 0.4) is 0 Å². The van der Waals surface area contributed by atoms with E-state index in [1.54, 1.807) is 17.8 Å². The lowest BCUT2D eigenvalue weighted by molar-refractivity contribution is -0.133. The van der Waals surface area contributed by atoms with Crippen molar-refractivity contribution in [2.45, 2.75) is 78.2 Å². The molecule has 244 valence electrons. The van der Waals surface area contributed by atoms with Gasteiger partial charge in [0.15, 0.2) is 5.82 Å². The zero-order chi connectivity index (χ0) is 32.7. The second kappa shape index (κ2) is 13.0. The Bertz CT molecular complexity index is 1800. The van der Waals surface area contributed by atoms with E-state index in [0.29, 0.717) is 47.3 Å². The highest BCUT2D eigenvalue weighted by Crippen LogP contribution is 2.44. The zero-order valence-corrected chi connectivity index (χ0v) is 28.0. The van der Waals surface area contributed by atoms with E-state index in [1.807, 2.05) is 19.1 Å². The molecule has 0 radical (unpaired) electrons. The number of nitrogens with zero attached hydrogens (tertiary/aromatic N) is 5. The van der Waals surface area contributed by atoms with Crippen LogP contribution in [0.15, 0.2) is 60.8 Å². The van der Waals surface area contributed by atoms with E-state index in [9.17, 15) is 9.59 Å². The van der Waals surface area contributed by atoms with Crippen molar-refractivity contribution >= 4 is 17.6 Å². The van der Waals surface area contributed by atoms with Gasteiger partial charge in [-0.15, -0.1) is 0 Å². The maximum atomic E-state index is 12.6. The molecular formula is C39H45N5O3. The number of para-hydroxylation sites is 1. The van der Waals surface area contributed by atoms with Crippen LogP contribution in [-0.2, 0) is 22.5 Å². The molecule has 47 heavy (non-hydrogen) atoms. The summed E-state index contributed by atoms with van der Waals surface area (Å²) in [5.41, 5.74) is 9.93. The number of benzene rings is 2. The topological polar surface area (TPSA) is 80.6 Å². The van der Waals surface area contributed by atoms with E-state index in [1.165, 1.54) is 27.9 Å². The molecule has 1 unspecified atom stereocenters. The number of aromatic nitrogens is 3. The lowest BCUT2D eigenvalue weighted by Crippen LogP contribution is -2.38. The summed E-state index contributed by atoms with van der Waals surface area (Å²) < 4.78 is 6.92. The first-order valence-electron chi connectivity index (χ1n) is 17.3. The number of carbonyl (C=O) groups excluding carboxylic acids is 2. The second-order valence-corrected chi connectivity index (χ2v) is 13.4. The van der Waals surface area contributed by atoms with Gasteiger partial charge in [-0.2, -0.15) is 5.10 Å². The minimum atomic E-state index is -0.372. The quantitative estimate of drug-likeness (QED) is 0.182. The van der Waals surface area contributed by atoms with Crippen LogP contribution in [0.5, 0.6) is 0 Å². The summed E-state index contributed by atoms with van der Waals surface area (Å²) >= 11 is 0. The summed E-state index contributed by atoms with van der Waals surface area (Å²) in [4.78, 5) is 34.7. The van der Waals surface area contributed by atoms with Crippen molar-refractivity contribution in [2.24, 2.45) is 5.92 Å². The van der Waals surface area contributed by atoms with E-state index in [-0.39, 0.29) is 5.97 Å².